The van der Waals surface area contributed by atoms with Crippen LogP contribution in [0.15, 0.2) is 24.3 Å². The first kappa shape index (κ1) is 13.1. The summed E-state index contributed by atoms with van der Waals surface area (Å²) < 4.78 is 13.0. The zero-order valence-corrected chi connectivity index (χ0v) is 11.1. The molecule has 3 heteroatoms. The number of rotatable bonds is 2. The summed E-state index contributed by atoms with van der Waals surface area (Å²) in [6, 6.07) is 6.29. The topological polar surface area (TPSA) is 20.3 Å². The first-order valence-corrected chi connectivity index (χ1v) is 6.48. The molecule has 0 spiro atoms. The van der Waals surface area contributed by atoms with Crippen LogP contribution in [0.5, 0.6) is 0 Å². The highest BCUT2D eigenvalue weighted by molar-refractivity contribution is 5.78. The van der Waals surface area contributed by atoms with Gasteiger partial charge in [0.15, 0.2) is 0 Å². The number of nitrogens with zero attached hydrogens (tertiary/aromatic N) is 1. The third kappa shape index (κ3) is 3.31. The molecule has 0 bridgehead atoms. The predicted molar refractivity (Wildman–Crippen MR) is 69.7 cm³/mol. The molecule has 98 valence electrons. The maximum absolute atomic E-state index is 13.0. The molecule has 1 aromatic carbocycles. The number of halogens is 1. The number of hydrogen-bond donors (Lipinski definition) is 0. The lowest BCUT2D eigenvalue weighted by Crippen LogP contribution is -2.41. The van der Waals surface area contributed by atoms with Crippen molar-refractivity contribution in [3.8, 4) is 0 Å². The lowest BCUT2D eigenvalue weighted by atomic mass is 9.82. The summed E-state index contributed by atoms with van der Waals surface area (Å²) in [6.07, 6.45) is 2.39. The molecule has 18 heavy (non-hydrogen) atoms. The average molecular weight is 249 g/mol. The van der Waals surface area contributed by atoms with Crippen LogP contribution < -0.4 is 0 Å². The molecule has 1 aliphatic heterocycles. The number of amides is 1. The second-order valence-corrected chi connectivity index (χ2v) is 5.85. The van der Waals surface area contributed by atoms with Crippen LogP contribution in [0.4, 0.5) is 4.39 Å². The SMILES string of the molecule is CC1(C)CCN(C(=O)Cc2cccc(F)c2)CC1. The Morgan fingerprint density at radius 3 is 2.61 bits per heavy atom. The minimum Gasteiger partial charge on any atom is -0.342 e. The molecule has 2 nitrogen and oxygen atoms in total. The van der Waals surface area contributed by atoms with E-state index in [-0.39, 0.29) is 11.7 Å². The van der Waals surface area contributed by atoms with Crippen molar-refractivity contribution in [3.05, 3.63) is 35.6 Å². The van der Waals surface area contributed by atoms with Gasteiger partial charge in [0.2, 0.25) is 5.91 Å². The van der Waals surface area contributed by atoms with Crippen molar-refractivity contribution in [1.82, 2.24) is 4.90 Å². The minimum atomic E-state index is -0.278. The second kappa shape index (κ2) is 5.09. The quantitative estimate of drug-likeness (QED) is 0.789. The standard InChI is InChI=1S/C15H20FNO/c1-15(2)6-8-17(9-7-15)14(18)11-12-4-3-5-13(16)10-12/h3-5,10H,6-9,11H2,1-2H3. The normalized spacial score (nSPS) is 18.7. The largest absolute Gasteiger partial charge is 0.342 e. The Kier molecular flexibility index (Phi) is 3.69. The summed E-state index contributed by atoms with van der Waals surface area (Å²) in [5, 5.41) is 0. The van der Waals surface area contributed by atoms with E-state index in [0.717, 1.165) is 31.5 Å². The summed E-state index contributed by atoms with van der Waals surface area (Å²) in [5.74, 6) is -0.170. The molecule has 1 aromatic rings. The highest BCUT2D eigenvalue weighted by Gasteiger charge is 2.27. The fourth-order valence-electron chi connectivity index (χ4n) is 2.29. The van der Waals surface area contributed by atoms with Gasteiger partial charge in [-0.05, 0) is 36.0 Å². The summed E-state index contributed by atoms with van der Waals surface area (Å²) in [5.41, 5.74) is 1.10. The van der Waals surface area contributed by atoms with Crippen LogP contribution in [0, 0.1) is 11.2 Å². The zero-order valence-electron chi connectivity index (χ0n) is 11.1. The Morgan fingerprint density at radius 2 is 2.00 bits per heavy atom. The molecule has 1 fully saturated rings. The van der Waals surface area contributed by atoms with Gasteiger partial charge in [-0.3, -0.25) is 4.79 Å². The Morgan fingerprint density at radius 1 is 1.33 bits per heavy atom. The second-order valence-electron chi connectivity index (χ2n) is 5.85. The lowest BCUT2D eigenvalue weighted by Gasteiger charge is -2.37. The van der Waals surface area contributed by atoms with E-state index < -0.39 is 0 Å². The predicted octanol–water partition coefficient (Wildman–Crippen LogP) is 3.02. The monoisotopic (exact) mass is 249 g/mol. The molecule has 0 atom stereocenters. The van der Waals surface area contributed by atoms with Gasteiger partial charge in [-0.1, -0.05) is 26.0 Å². The first-order chi connectivity index (χ1) is 8.46. The van der Waals surface area contributed by atoms with Gasteiger partial charge in [0.05, 0.1) is 6.42 Å². The molecule has 2 rings (SSSR count). The third-order valence-corrected chi connectivity index (χ3v) is 3.71. The van der Waals surface area contributed by atoms with Gasteiger partial charge in [-0.15, -0.1) is 0 Å². The molecule has 0 aromatic heterocycles. The van der Waals surface area contributed by atoms with Crippen molar-refractivity contribution in [2.24, 2.45) is 5.41 Å². The van der Waals surface area contributed by atoms with Crippen molar-refractivity contribution in [2.75, 3.05) is 13.1 Å². The molecule has 0 saturated carbocycles. The third-order valence-electron chi connectivity index (χ3n) is 3.71. The molecule has 0 aliphatic carbocycles. The van der Waals surface area contributed by atoms with Crippen LogP contribution in [-0.4, -0.2) is 23.9 Å². The van der Waals surface area contributed by atoms with Crippen LogP contribution in [-0.2, 0) is 11.2 Å². The lowest BCUT2D eigenvalue weighted by molar-refractivity contribution is -0.132. The number of carbonyl (C=O) groups excluding carboxylic acids is 1. The smallest absolute Gasteiger partial charge is 0.226 e. The van der Waals surface area contributed by atoms with Gasteiger partial charge in [0.1, 0.15) is 5.82 Å². The molecular weight excluding hydrogens is 229 g/mol. The Labute approximate surface area is 108 Å². The van der Waals surface area contributed by atoms with Crippen LogP contribution in [0.1, 0.15) is 32.3 Å². The van der Waals surface area contributed by atoms with E-state index in [1.807, 2.05) is 4.90 Å². The van der Waals surface area contributed by atoms with E-state index in [0.29, 0.717) is 11.8 Å². The molecular formula is C15H20FNO. The number of piperidine rings is 1. The van der Waals surface area contributed by atoms with E-state index in [1.165, 1.54) is 12.1 Å². The van der Waals surface area contributed by atoms with Gasteiger partial charge >= 0.3 is 0 Å². The van der Waals surface area contributed by atoms with Gasteiger partial charge in [-0.25, -0.2) is 4.39 Å². The highest BCUT2D eigenvalue weighted by atomic mass is 19.1. The van der Waals surface area contributed by atoms with Crippen molar-refractivity contribution in [3.63, 3.8) is 0 Å². The summed E-state index contributed by atoms with van der Waals surface area (Å²) in [7, 11) is 0. The number of hydrogen-bond acceptors (Lipinski definition) is 1. The molecule has 0 unspecified atom stereocenters. The number of likely N-dealkylation sites (tertiary alicyclic amines) is 1. The van der Waals surface area contributed by atoms with E-state index in [9.17, 15) is 9.18 Å². The van der Waals surface area contributed by atoms with E-state index in [1.54, 1.807) is 12.1 Å². The fraction of sp³-hybridized carbons (Fsp3) is 0.533. The molecule has 1 amide bonds. The minimum absolute atomic E-state index is 0.108. The van der Waals surface area contributed by atoms with Crippen molar-refractivity contribution < 1.29 is 9.18 Å². The summed E-state index contributed by atoms with van der Waals surface area (Å²) >= 11 is 0. The Hall–Kier alpha value is -1.38. The van der Waals surface area contributed by atoms with E-state index in [2.05, 4.69) is 13.8 Å². The maximum Gasteiger partial charge on any atom is 0.226 e. The van der Waals surface area contributed by atoms with Gasteiger partial charge in [-0.2, -0.15) is 0 Å². The summed E-state index contributed by atoms with van der Waals surface area (Å²) in [6.45, 7) is 6.12. The van der Waals surface area contributed by atoms with Crippen molar-refractivity contribution >= 4 is 5.91 Å². The van der Waals surface area contributed by atoms with Crippen LogP contribution in [0.25, 0.3) is 0 Å². The van der Waals surface area contributed by atoms with Crippen LogP contribution >= 0.6 is 0 Å². The van der Waals surface area contributed by atoms with E-state index in [4.69, 9.17) is 0 Å². The Balaban J connectivity index is 1.93. The number of carbonyl (C=O) groups is 1. The molecule has 1 heterocycles. The average Bonchev–Trinajstić information content (AvgIpc) is 2.28. The first-order valence-electron chi connectivity index (χ1n) is 6.48. The van der Waals surface area contributed by atoms with Crippen molar-refractivity contribution in [2.45, 2.75) is 33.1 Å². The molecule has 1 aliphatic rings. The maximum atomic E-state index is 13.0. The number of benzene rings is 1. The van der Waals surface area contributed by atoms with Gasteiger partial charge < -0.3 is 4.90 Å². The molecule has 1 saturated heterocycles. The van der Waals surface area contributed by atoms with Crippen LogP contribution in [0.3, 0.4) is 0 Å². The van der Waals surface area contributed by atoms with Gasteiger partial charge in [0.25, 0.3) is 0 Å². The molecule has 0 N–H and O–H groups in total. The van der Waals surface area contributed by atoms with E-state index >= 15 is 0 Å². The van der Waals surface area contributed by atoms with Gasteiger partial charge in [0, 0.05) is 13.1 Å². The Bertz CT molecular complexity index is 432. The zero-order chi connectivity index (χ0) is 13.2. The van der Waals surface area contributed by atoms with Crippen molar-refractivity contribution in [1.29, 1.82) is 0 Å². The highest BCUT2D eigenvalue weighted by Crippen LogP contribution is 2.29. The summed E-state index contributed by atoms with van der Waals surface area (Å²) in [4.78, 5) is 14.0. The van der Waals surface area contributed by atoms with Crippen LogP contribution in [0.2, 0.25) is 0 Å². The fourth-order valence-corrected chi connectivity index (χ4v) is 2.29. The molecule has 0 radical (unpaired) electrons.